The van der Waals surface area contributed by atoms with Crippen LogP contribution in [0.15, 0.2) is 18.2 Å². The average Bonchev–Trinajstić information content (AvgIpc) is 2.35. The third-order valence-electron chi connectivity index (χ3n) is 3.01. The lowest BCUT2D eigenvalue weighted by atomic mass is 9.86. The van der Waals surface area contributed by atoms with Crippen LogP contribution in [0.1, 0.15) is 51.3 Å². The number of rotatable bonds is 5. The largest absolute Gasteiger partial charge is 0.461 e. The van der Waals surface area contributed by atoms with Gasteiger partial charge < -0.3 is 9.84 Å². The second-order valence-electron chi connectivity index (χ2n) is 6.76. The highest BCUT2D eigenvalue weighted by Crippen LogP contribution is 2.24. The molecule has 112 valence electrons. The Bertz CT molecular complexity index is 456. The van der Waals surface area contributed by atoms with Crippen LogP contribution in [0.4, 0.5) is 0 Å². The molecule has 1 aromatic rings. The number of hydrogen-bond donors (Lipinski definition) is 1. The van der Waals surface area contributed by atoms with Gasteiger partial charge in [0.1, 0.15) is 6.61 Å². The first-order valence-corrected chi connectivity index (χ1v) is 7.11. The molecule has 20 heavy (non-hydrogen) atoms. The first-order valence-electron chi connectivity index (χ1n) is 7.11. The van der Waals surface area contributed by atoms with Gasteiger partial charge in [-0.3, -0.25) is 4.79 Å². The molecule has 0 atom stereocenters. The highest BCUT2D eigenvalue weighted by atomic mass is 16.5. The Labute approximate surface area is 122 Å². The molecule has 1 aromatic carbocycles. The Balaban J connectivity index is 2.79. The van der Waals surface area contributed by atoms with E-state index in [4.69, 9.17) is 4.74 Å². The molecule has 0 aliphatic heterocycles. The highest BCUT2D eigenvalue weighted by Gasteiger charge is 2.15. The molecule has 0 radical (unpaired) electrons. The summed E-state index contributed by atoms with van der Waals surface area (Å²) in [5.41, 5.74) is 3.16. The normalized spacial score (nSPS) is 11.8. The Hall–Kier alpha value is -1.35. The minimum absolute atomic E-state index is 0.0113. The topological polar surface area (TPSA) is 46.5 Å². The molecular formula is C17H26O3. The van der Waals surface area contributed by atoms with Crippen molar-refractivity contribution in [2.24, 2.45) is 11.3 Å². The number of aliphatic hydroxyl groups excluding tert-OH is 1. The third kappa shape index (κ3) is 5.33. The fraction of sp³-hybridized carbons (Fsp3) is 0.588. The van der Waals surface area contributed by atoms with Gasteiger partial charge in [-0.15, -0.1) is 0 Å². The zero-order valence-electron chi connectivity index (χ0n) is 13.2. The number of carbonyl (C=O) groups is 1. The molecule has 0 saturated carbocycles. The van der Waals surface area contributed by atoms with Crippen molar-refractivity contribution in [3.05, 3.63) is 34.9 Å². The molecule has 3 heteroatoms. The maximum Gasteiger partial charge on any atom is 0.308 e. The van der Waals surface area contributed by atoms with Crippen molar-refractivity contribution in [2.45, 2.75) is 54.3 Å². The van der Waals surface area contributed by atoms with Crippen molar-refractivity contribution in [3.63, 3.8) is 0 Å². The maximum absolute atomic E-state index is 11.5. The Kier molecular flexibility index (Phi) is 5.75. The van der Waals surface area contributed by atoms with Crippen LogP contribution in [0, 0.1) is 11.3 Å². The number of ether oxygens (including phenoxy) is 1. The molecule has 0 aliphatic rings. The molecule has 0 amide bonds. The second-order valence-corrected chi connectivity index (χ2v) is 6.76. The van der Waals surface area contributed by atoms with Gasteiger partial charge in [-0.05, 0) is 34.6 Å². The van der Waals surface area contributed by atoms with Gasteiger partial charge in [0.15, 0.2) is 0 Å². The molecule has 1 N–H and O–H groups in total. The van der Waals surface area contributed by atoms with Gasteiger partial charge in [0.25, 0.3) is 0 Å². The predicted molar refractivity (Wildman–Crippen MR) is 80.2 cm³/mol. The minimum Gasteiger partial charge on any atom is -0.461 e. The zero-order chi connectivity index (χ0) is 15.3. The SMILES string of the molecule is CC(C)C(=O)OCc1ccc(CC(C)(C)C)c(CO)c1. The number of benzene rings is 1. The van der Waals surface area contributed by atoms with Crippen LogP contribution < -0.4 is 0 Å². The number of esters is 1. The quantitative estimate of drug-likeness (QED) is 0.839. The van der Waals surface area contributed by atoms with E-state index in [-0.39, 0.29) is 30.5 Å². The molecule has 0 unspecified atom stereocenters. The summed E-state index contributed by atoms with van der Waals surface area (Å²) in [6, 6.07) is 5.91. The van der Waals surface area contributed by atoms with E-state index in [0.29, 0.717) is 0 Å². The van der Waals surface area contributed by atoms with Gasteiger partial charge in [0, 0.05) is 0 Å². The van der Waals surface area contributed by atoms with E-state index >= 15 is 0 Å². The molecule has 0 spiro atoms. The average molecular weight is 278 g/mol. The molecule has 3 nitrogen and oxygen atoms in total. The van der Waals surface area contributed by atoms with Crippen LogP contribution in [0.5, 0.6) is 0 Å². The van der Waals surface area contributed by atoms with Crippen LogP contribution in [0.25, 0.3) is 0 Å². The van der Waals surface area contributed by atoms with Gasteiger partial charge in [-0.25, -0.2) is 0 Å². The van der Waals surface area contributed by atoms with Crippen LogP contribution in [-0.4, -0.2) is 11.1 Å². The van der Waals surface area contributed by atoms with E-state index in [0.717, 1.165) is 23.1 Å². The molecule has 0 aliphatic carbocycles. The fourth-order valence-electron chi connectivity index (χ4n) is 1.98. The molecular weight excluding hydrogens is 252 g/mol. The lowest BCUT2D eigenvalue weighted by Gasteiger charge is -2.20. The predicted octanol–water partition coefficient (Wildman–Crippen LogP) is 3.47. The summed E-state index contributed by atoms with van der Waals surface area (Å²) >= 11 is 0. The summed E-state index contributed by atoms with van der Waals surface area (Å²) in [4.78, 5) is 11.5. The fourth-order valence-corrected chi connectivity index (χ4v) is 1.98. The molecule has 0 aromatic heterocycles. The van der Waals surface area contributed by atoms with Crippen molar-refractivity contribution in [2.75, 3.05) is 0 Å². The molecule has 0 fully saturated rings. The molecule has 1 rings (SSSR count). The molecule has 0 heterocycles. The molecule has 0 bridgehead atoms. The van der Waals surface area contributed by atoms with E-state index in [2.05, 4.69) is 20.8 Å². The summed E-state index contributed by atoms with van der Waals surface area (Å²) < 4.78 is 5.21. The number of aliphatic hydroxyl groups is 1. The standard InChI is InChI=1S/C17H26O3/c1-12(2)16(19)20-11-13-6-7-14(9-17(3,4)5)15(8-13)10-18/h6-8,12,18H,9-11H2,1-5H3. The monoisotopic (exact) mass is 278 g/mol. The van der Waals surface area contributed by atoms with Gasteiger partial charge >= 0.3 is 5.97 Å². The summed E-state index contributed by atoms with van der Waals surface area (Å²) in [6.07, 6.45) is 0.912. The van der Waals surface area contributed by atoms with Gasteiger partial charge in [0.2, 0.25) is 0 Å². The summed E-state index contributed by atoms with van der Waals surface area (Å²) in [6.45, 7) is 10.4. The molecule has 0 saturated heterocycles. The first-order chi connectivity index (χ1) is 9.23. The van der Waals surface area contributed by atoms with E-state index in [1.165, 1.54) is 0 Å². The van der Waals surface area contributed by atoms with Crippen molar-refractivity contribution in [3.8, 4) is 0 Å². The van der Waals surface area contributed by atoms with Crippen molar-refractivity contribution in [1.29, 1.82) is 0 Å². The van der Waals surface area contributed by atoms with Crippen molar-refractivity contribution < 1.29 is 14.6 Å². The zero-order valence-corrected chi connectivity index (χ0v) is 13.2. The number of carbonyl (C=O) groups excluding carboxylic acids is 1. The number of hydrogen-bond acceptors (Lipinski definition) is 3. The summed E-state index contributed by atoms with van der Waals surface area (Å²) in [5.74, 6) is -0.318. The maximum atomic E-state index is 11.5. The summed E-state index contributed by atoms with van der Waals surface area (Å²) in [5, 5.41) is 9.50. The van der Waals surface area contributed by atoms with Crippen molar-refractivity contribution in [1.82, 2.24) is 0 Å². The Morgan fingerprint density at radius 3 is 2.40 bits per heavy atom. The summed E-state index contributed by atoms with van der Waals surface area (Å²) in [7, 11) is 0. The lowest BCUT2D eigenvalue weighted by Crippen LogP contribution is -2.13. The first kappa shape index (κ1) is 16.7. The van der Waals surface area contributed by atoms with Crippen molar-refractivity contribution >= 4 is 5.97 Å². The van der Waals surface area contributed by atoms with Crippen LogP contribution in [0.2, 0.25) is 0 Å². The van der Waals surface area contributed by atoms with E-state index < -0.39 is 0 Å². The van der Waals surface area contributed by atoms with E-state index in [1.807, 2.05) is 32.0 Å². The van der Waals surface area contributed by atoms with Gasteiger partial charge in [0.05, 0.1) is 12.5 Å². The Morgan fingerprint density at radius 2 is 1.90 bits per heavy atom. The van der Waals surface area contributed by atoms with Crippen LogP contribution >= 0.6 is 0 Å². The van der Waals surface area contributed by atoms with E-state index in [1.54, 1.807) is 0 Å². The highest BCUT2D eigenvalue weighted by molar-refractivity contribution is 5.71. The van der Waals surface area contributed by atoms with Crippen LogP contribution in [0.3, 0.4) is 0 Å². The minimum atomic E-state index is -0.200. The van der Waals surface area contributed by atoms with Gasteiger partial charge in [-0.1, -0.05) is 46.8 Å². The Morgan fingerprint density at radius 1 is 1.25 bits per heavy atom. The van der Waals surface area contributed by atoms with Gasteiger partial charge in [-0.2, -0.15) is 0 Å². The lowest BCUT2D eigenvalue weighted by molar-refractivity contribution is -0.148. The smallest absolute Gasteiger partial charge is 0.308 e. The second kappa shape index (κ2) is 6.89. The third-order valence-corrected chi connectivity index (χ3v) is 3.01. The van der Waals surface area contributed by atoms with Crippen LogP contribution in [-0.2, 0) is 29.2 Å². The van der Waals surface area contributed by atoms with E-state index in [9.17, 15) is 9.90 Å².